The highest BCUT2D eigenvalue weighted by Gasteiger charge is 2.47. The lowest BCUT2D eigenvalue weighted by atomic mass is 9.64. The Morgan fingerprint density at radius 1 is 0.389 bits per heavy atom. The molecular formula is C30H45N3O3. The van der Waals surface area contributed by atoms with Gasteiger partial charge in [-0.05, 0) is 93.3 Å². The number of amides is 3. The van der Waals surface area contributed by atoms with Gasteiger partial charge in [-0.3, -0.25) is 14.4 Å². The molecule has 6 heteroatoms. The molecule has 0 aromatic rings. The van der Waals surface area contributed by atoms with Gasteiger partial charge in [0.05, 0.1) is 20.0 Å². The molecule has 3 amide bonds. The number of carbonyl (C=O) groups excluding carboxylic acids is 3. The molecule has 9 aliphatic carbocycles. The van der Waals surface area contributed by atoms with Crippen molar-refractivity contribution in [2.45, 2.75) is 96.3 Å². The van der Waals surface area contributed by atoms with E-state index < -0.39 is 0 Å². The summed E-state index contributed by atoms with van der Waals surface area (Å²) in [6.07, 6.45) is 17.8. The van der Waals surface area contributed by atoms with Crippen molar-refractivity contribution in [1.29, 1.82) is 0 Å². The van der Waals surface area contributed by atoms with Gasteiger partial charge in [0.25, 0.3) is 0 Å². The summed E-state index contributed by atoms with van der Waals surface area (Å²) in [7, 11) is 0. The zero-order valence-corrected chi connectivity index (χ0v) is 22.0. The monoisotopic (exact) mass is 495 g/mol. The molecular weight excluding hydrogens is 450 g/mol. The fourth-order valence-electron chi connectivity index (χ4n) is 9.92. The smallest absolute Gasteiger partial charge is 0.228 e. The van der Waals surface area contributed by atoms with Crippen LogP contribution in [0.15, 0.2) is 0 Å². The molecule has 0 radical (unpaired) electrons. The summed E-state index contributed by atoms with van der Waals surface area (Å²) in [5.74, 6) is 4.53. The Morgan fingerprint density at radius 3 is 0.833 bits per heavy atom. The Hall–Kier alpha value is -1.59. The number of carbonyl (C=O) groups is 3. The van der Waals surface area contributed by atoms with Crippen molar-refractivity contribution in [3.05, 3.63) is 0 Å². The molecule has 3 atom stereocenters. The molecule has 0 aromatic heterocycles. The first-order chi connectivity index (χ1) is 17.5. The maximum absolute atomic E-state index is 13.9. The molecule has 10 fully saturated rings. The van der Waals surface area contributed by atoms with Crippen molar-refractivity contribution >= 4 is 17.7 Å². The van der Waals surface area contributed by atoms with Gasteiger partial charge in [0.15, 0.2) is 0 Å². The van der Waals surface area contributed by atoms with Crippen molar-refractivity contribution in [2.24, 2.45) is 53.3 Å². The van der Waals surface area contributed by atoms with Gasteiger partial charge in [-0.1, -0.05) is 38.5 Å². The average Bonchev–Trinajstić information content (AvgIpc) is 2.97. The van der Waals surface area contributed by atoms with Crippen molar-refractivity contribution in [2.75, 3.05) is 20.0 Å². The molecule has 1 aliphatic heterocycles. The van der Waals surface area contributed by atoms with Crippen LogP contribution in [0.3, 0.4) is 0 Å². The summed E-state index contributed by atoms with van der Waals surface area (Å²) in [6.45, 7) is 1.17. The number of rotatable bonds is 3. The van der Waals surface area contributed by atoms with Crippen LogP contribution in [-0.2, 0) is 14.4 Å². The van der Waals surface area contributed by atoms with Gasteiger partial charge in [-0.25, -0.2) is 0 Å². The lowest BCUT2D eigenvalue weighted by Crippen LogP contribution is -2.63. The van der Waals surface area contributed by atoms with Crippen LogP contribution in [0.25, 0.3) is 0 Å². The van der Waals surface area contributed by atoms with Crippen LogP contribution in [-0.4, -0.2) is 52.4 Å². The van der Waals surface area contributed by atoms with Crippen molar-refractivity contribution < 1.29 is 14.4 Å². The highest BCUT2D eigenvalue weighted by molar-refractivity contribution is 5.85. The third kappa shape index (κ3) is 4.09. The van der Waals surface area contributed by atoms with Gasteiger partial charge in [-0.15, -0.1) is 0 Å². The summed E-state index contributed by atoms with van der Waals surface area (Å²) in [4.78, 5) is 47.5. The quantitative estimate of drug-likeness (QED) is 0.563. The molecule has 9 saturated carbocycles. The lowest BCUT2D eigenvalue weighted by molar-refractivity contribution is -0.170. The Morgan fingerprint density at radius 2 is 0.639 bits per heavy atom. The van der Waals surface area contributed by atoms with Crippen molar-refractivity contribution in [3.8, 4) is 0 Å². The third-order valence-electron chi connectivity index (χ3n) is 12.1. The number of fused-ring (bicyclic) bond motifs is 9. The van der Waals surface area contributed by atoms with E-state index in [-0.39, 0.29) is 35.5 Å². The molecule has 1 saturated heterocycles. The van der Waals surface area contributed by atoms with E-state index >= 15 is 0 Å². The van der Waals surface area contributed by atoms with E-state index in [4.69, 9.17) is 0 Å². The number of hydrogen-bond acceptors (Lipinski definition) is 3. The number of hydrogen-bond donors (Lipinski definition) is 0. The van der Waals surface area contributed by atoms with E-state index in [1.807, 2.05) is 14.7 Å². The maximum atomic E-state index is 13.9. The topological polar surface area (TPSA) is 60.9 Å². The van der Waals surface area contributed by atoms with E-state index in [0.717, 1.165) is 19.3 Å². The lowest BCUT2D eigenvalue weighted by Gasteiger charge is -2.50. The predicted octanol–water partition coefficient (Wildman–Crippen LogP) is 4.84. The summed E-state index contributed by atoms with van der Waals surface area (Å²) < 4.78 is 0. The van der Waals surface area contributed by atoms with E-state index in [2.05, 4.69) is 0 Å². The zero-order valence-electron chi connectivity index (χ0n) is 22.0. The SMILES string of the molecule is O=C(C1CC2CCC1CC2)N1CN(C(=O)C2CC3CCC2CC3)CN(C(=O)C2CC3CCC2CC3)C1. The molecule has 198 valence electrons. The first-order valence-corrected chi connectivity index (χ1v) is 15.4. The van der Waals surface area contributed by atoms with E-state index in [1.165, 1.54) is 77.0 Å². The maximum Gasteiger partial charge on any atom is 0.228 e. The van der Waals surface area contributed by atoms with E-state index in [1.54, 1.807) is 0 Å². The highest BCUT2D eigenvalue weighted by atomic mass is 16.2. The van der Waals surface area contributed by atoms with Crippen LogP contribution in [0.1, 0.15) is 96.3 Å². The molecule has 6 nitrogen and oxygen atoms in total. The van der Waals surface area contributed by atoms with Crippen LogP contribution in [0.5, 0.6) is 0 Å². The van der Waals surface area contributed by atoms with Crippen LogP contribution >= 0.6 is 0 Å². The number of nitrogens with zero attached hydrogens (tertiary/aromatic N) is 3. The second-order valence-electron chi connectivity index (χ2n) is 13.9. The molecule has 36 heavy (non-hydrogen) atoms. The Balaban J connectivity index is 1.12. The second-order valence-corrected chi connectivity index (χ2v) is 13.9. The second kappa shape index (κ2) is 9.31. The van der Waals surface area contributed by atoms with E-state index in [9.17, 15) is 14.4 Å². The predicted molar refractivity (Wildman–Crippen MR) is 136 cm³/mol. The molecule has 3 unspecified atom stereocenters. The Kier molecular flexibility index (Phi) is 6.08. The molecule has 10 rings (SSSR count). The first kappa shape index (κ1) is 23.5. The summed E-state index contributed by atoms with van der Waals surface area (Å²) in [5.41, 5.74) is 0. The summed E-state index contributed by atoms with van der Waals surface area (Å²) >= 11 is 0. The molecule has 10 aliphatic rings. The Labute approximate surface area is 216 Å². The van der Waals surface area contributed by atoms with Crippen LogP contribution in [0, 0.1) is 53.3 Å². The summed E-state index contributed by atoms with van der Waals surface area (Å²) in [6, 6.07) is 0. The normalized spacial score (nSPS) is 43.7. The van der Waals surface area contributed by atoms with Crippen LogP contribution < -0.4 is 0 Å². The standard InChI is InChI=1S/C30H45N3O3/c34-28(25-13-19-1-7-22(25)8-2-19)31-16-32(29(35)26-14-20-3-9-23(26)10-4-20)18-33(17-31)30(36)27-15-21-5-11-24(27)12-6-21/h19-27H,1-18H2. The molecule has 1 heterocycles. The van der Waals surface area contributed by atoms with Crippen LogP contribution in [0.2, 0.25) is 0 Å². The fourth-order valence-corrected chi connectivity index (χ4v) is 9.92. The minimum Gasteiger partial charge on any atom is -0.307 e. The zero-order chi connectivity index (χ0) is 24.4. The van der Waals surface area contributed by atoms with Gasteiger partial charge < -0.3 is 14.7 Å². The van der Waals surface area contributed by atoms with Gasteiger partial charge in [0.1, 0.15) is 0 Å². The summed E-state index contributed by atoms with van der Waals surface area (Å²) in [5, 5.41) is 0. The van der Waals surface area contributed by atoms with Gasteiger partial charge in [-0.2, -0.15) is 0 Å². The van der Waals surface area contributed by atoms with Gasteiger partial charge >= 0.3 is 0 Å². The minimum absolute atomic E-state index is 0.0980. The average molecular weight is 496 g/mol. The molecule has 0 spiro atoms. The minimum atomic E-state index is 0.0980. The fraction of sp³-hybridized carbons (Fsp3) is 0.900. The molecule has 0 N–H and O–H groups in total. The Bertz CT molecular complexity index is 762. The van der Waals surface area contributed by atoms with Gasteiger partial charge in [0, 0.05) is 17.8 Å². The first-order valence-electron chi connectivity index (χ1n) is 15.4. The third-order valence-corrected chi connectivity index (χ3v) is 12.1. The van der Waals surface area contributed by atoms with Crippen LogP contribution in [0.4, 0.5) is 0 Å². The molecule has 6 bridgehead atoms. The van der Waals surface area contributed by atoms with Crippen molar-refractivity contribution in [1.82, 2.24) is 14.7 Å². The van der Waals surface area contributed by atoms with Crippen molar-refractivity contribution in [3.63, 3.8) is 0 Å². The largest absolute Gasteiger partial charge is 0.307 e. The van der Waals surface area contributed by atoms with Gasteiger partial charge in [0.2, 0.25) is 17.7 Å². The van der Waals surface area contributed by atoms with E-state index in [0.29, 0.717) is 55.5 Å². The highest BCUT2D eigenvalue weighted by Crippen LogP contribution is 2.48. The molecule has 0 aromatic carbocycles.